The number of nitrogens with zero attached hydrogens (tertiary/aromatic N) is 2. The topological polar surface area (TPSA) is 49.9 Å². The number of carbonyl (C=O) groups is 2. The molecule has 0 N–H and O–H groups in total. The van der Waals surface area contributed by atoms with Crippen LogP contribution in [0.4, 0.5) is 8.78 Å². The molecule has 1 aromatic carbocycles. The minimum atomic E-state index is -0.834. The van der Waals surface area contributed by atoms with Crippen LogP contribution in [0, 0.1) is 17.6 Å². The van der Waals surface area contributed by atoms with Crippen LogP contribution >= 0.6 is 0 Å². The lowest BCUT2D eigenvalue weighted by Crippen LogP contribution is -2.52. The fraction of sp³-hybridized carbons (Fsp3) is 0.556. The van der Waals surface area contributed by atoms with Gasteiger partial charge in [-0.25, -0.2) is 8.78 Å². The minimum absolute atomic E-state index is 0.145. The van der Waals surface area contributed by atoms with E-state index >= 15 is 0 Å². The third-order valence-corrected chi connectivity index (χ3v) is 4.89. The second kappa shape index (κ2) is 7.80. The number of rotatable bonds is 4. The number of piperazine rings is 1. The van der Waals surface area contributed by atoms with Gasteiger partial charge in [-0.1, -0.05) is 12.8 Å². The lowest BCUT2D eigenvalue weighted by Gasteiger charge is -2.36. The number of hydrogen-bond donors (Lipinski definition) is 0. The maximum absolute atomic E-state index is 13.5. The first-order valence-electron chi connectivity index (χ1n) is 8.69. The maximum atomic E-state index is 13.5. The number of carbonyl (C=O) groups excluding carboxylic acids is 2. The summed E-state index contributed by atoms with van der Waals surface area (Å²) in [6.45, 7) is 1.64. The van der Waals surface area contributed by atoms with Crippen LogP contribution < -0.4 is 4.74 Å². The molecule has 2 fully saturated rings. The summed E-state index contributed by atoms with van der Waals surface area (Å²) in [6.07, 6.45) is 4.17. The molecule has 1 heterocycles. The van der Waals surface area contributed by atoms with Gasteiger partial charge in [0.25, 0.3) is 5.91 Å². The Bertz CT molecular complexity index is 639. The number of halogens is 2. The van der Waals surface area contributed by atoms with Crippen molar-refractivity contribution in [1.29, 1.82) is 0 Å². The molecule has 0 aromatic heterocycles. The SMILES string of the molecule is O=C(COc1ccc(F)cc1F)N1CCN(C(=O)C2CCCC2)CC1. The van der Waals surface area contributed by atoms with Crippen LogP contribution in [-0.4, -0.2) is 54.4 Å². The predicted molar refractivity (Wildman–Crippen MR) is 87.0 cm³/mol. The van der Waals surface area contributed by atoms with Crippen LogP contribution in [0.25, 0.3) is 0 Å². The number of benzene rings is 1. The standard InChI is InChI=1S/C18H22F2N2O3/c19-14-5-6-16(15(20)11-14)25-12-17(23)21-7-9-22(10-8-21)18(24)13-3-1-2-4-13/h5-6,11,13H,1-4,7-10,12H2. The summed E-state index contributed by atoms with van der Waals surface area (Å²) >= 11 is 0. The van der Waals surface area contributed by atoms with E-state index in [1.165, 1.54) is 0 Å². The van der Waals surface area contributed by atoms with Gasteiger partial charge in [0.15, 0.2) is 18.2 Å². The molecule has 0 bridgehead atoms. The average Bonchev–Trinajstić information content (AvgIpc) is 3.15. The van der Waals surface area contributed by atoms with Crippen molar-refractivity contribution in [3.63, 3.8) is 0 Å². The maximum Gasteiger partial charge on any atom is 0.260 e. The third-order valence-electron chi connectivity index (χ3n) is 4.89. The molecule has 3 rings (SSSR count). The Labute approximate surface area is 145 Å². The van der Waals surface area contributed by atoms with Gasteiger partial charge in [0.2, 0.25) is 5.91 Å². The molecule has 2 aliphatic rings. The quantitative estimate of drug-likeness (QED) is 0.835. The molecule has 1 aromatic rings. The Morgan fingerprint density at radius 3 is 2.32 bits per heavy atom. The van der Waals surface area contributed by atoms with Crippen LogP contribution in [-0.2, 0) is 9.59 Å². The average molecular weight is 352 g/mol. The smallest absolute Gasteiger partial charge is 0.260 e. The van der Waals surface area contributed by atoms with E-state index in [1.54, 1.807) is 4.90 Å². The summed E-state index contributed by atoms with van der Waals surface area (Å²) in [5.41, 5.74) is 0. The van der Waals surface area contributed by atoms with E-state index in [1.807, 2.05) is 4.90 Å². The van der Waals surface area contributed by atoms with E-state index in [0.29, 0.717) is 32.2 Å². The Kier molecular flexibility index (Phi) is 5.50. The van der Waals surface area contributed by atoms with Crippen molar-refractivity contribution in [1.82, 2.24) is 9.80 Å². The highest BCUT2D eigenvalue weighted by Gasteiger charge is 2.30. The summed E-state index contributed by atoms with van der Waals surface area (Å²) in [5.74, 6) is -1.60. The highest BCUT2D eigenvalue weighted by atomic mass is 19.1. The normalized spacial score (nSPS) is 18.5. The largest absolute Gasteiger partial charge is 0.481 e. The van der Waals surface area contributed by atoms with Crippen molar-refractivity contribution in [2.75, 3.05) is 32.8 Å². The van der Waals surface area contributed by atoms with Crippen LogP contribution in [0.1, 0.15) is 25.7 Å². The first-order valence-corrected chi connectivity index (χ1v) is 8.69. The molecule has 0 atom stereocenters. The van der Waals surface area contributed by atoms with Gasteiger partial charge in [0.05, 0.1) is 0 Å². The molecule has 5 nitrogen and oxygen atoms in total. The summed E-state index contributed by atoms with van der Waals surface area (Å²) in [5, 5.41) is 0. The Balaban J connectivity index is 1.45. The molecule has 0 spiro atoms. The molecule has 0 radical (unpaired) electrons. The highest BCUT2D eigenvalue weighted by molar-refractivity contribution is 5.80. The van der Waals surface area contributed by atoms with E-state index in [-0.39, 0.29) is 30.1 Å². The number of amides is 2. The summed E-state index contributed by atoms with van der Waals surface area (Å²) in [7, 11) is 0. The summed E-state index contributed by atoms with van der Waals surface area (Å²) < 4.78 is 31.5. The van der Waals surface area contributed by atoms with Crippen molar-refractivity contribution >= 4 is 11.8 Å². The van der Waals surface area contributed by atoms with E-state index < -0.39 is 11.6 Å². The zero-order chi connectivity index (χ0) is 17.8. The Hall–Kier alpha value is -2.18. The van der Waals surface area contributed by atoms with Crippen molar-refractivity contribution in [3.05, 3.63) is 29.8 Å². The lowest BCUT2D eigenvalue weighted by atomic mass is 10.1. The van der Waals surface area contributed by atoms with E-state index in [4.69, 9.17) is 4.74 Å². The summed E-state index contributed by atoms with van der Waals surface area (Å²) in [6, 6.07) is 2.96. The van der Waals surface area contributed by atoms with Crippen LogP contribution in [0.5, 0.6) is 5.75 Å². The second-order valence-electron chi connectivity index (χ2n) is 6.55. The fourth-order valence-corrected chi connectivity index (χ4v) is 3.43. The molecule has 0 unspecified atom stereocenters. The Morgan fingerprint density at radius 1 is 1.04 bits per heavy atom. The Morgan fingerprint density at radius 2 is 1.68 bits per heavy atom. The molecule has 1 aliphatic heterocycles. The van der Waals surface area contributed by atoms with Crippen LogP contribution in [0.15, 0.2) is 18.2 Å². The van der Waals surface area contributed by atoms with Gasteiger partial charge in [-0.3, -0.25) is 9.59 Å². The van der Waals surface area contributed by atoms with E-state index in [9.17, 15) is 18.4 Å². The van der Waals surface area contributed by atoms with Gasteiger partial charge in [0.1, 0.15) is 5.82 Å². The first kappa shape index (κ1) is 17.6. The highest BCUT2D eigenvalue weighted by Crippen LogP contribution is 2.27. The minimum Gasteiger partial charge on any atom is -0.481 e. The van der Waals surface area contributed by atoms with Gasteiger partial charge in [-0.2, -0.15) is 0 Å². The molecule has 2 amide bonds. The van der Waals surface area contributed by atoms with Gasteiger partial charge < -0.3 is 14.5 Å². The molecule has 25 heavy (non-hydrogen) atoms. The monoisotopic (exact) mass is 352 g/mol. The lowest BCUT2D eigenvalue weighted by molar-refractivity contribution is -0.142. The van der Waals surface area contributed by atoms with E-state index in [2.05, 4.69) is 0 Å². The molecule has 1 aliphatic carbocycles. The van der Waals surface area contributed by atoms with Gasteiger partial charge in [-0.15, -0.1) is 0 Å². The van der Waals surface area contributed by atoms with E-state index in [0.717, 1.165) is 37.8 Å². The van der Waals surface area contributed by atoms with Gasteiger partial charge in [-0.05, 0) is 25.0 Å². The van der Waals surface area contributed by atoms with Gasteiger partial charge >= 0.3 is 0 Å². The molecule has 7 heteroatoms. The zero-order valence-electron chi connectivity index (χ0n) is 14.0. The molecule has 1 saturated heterocycles. The van der Waals surface area contributed by atoms with Gasteiger partial charge in [0, 0.05) is 38.2 Å². The summed E-state index contributed by atoms with van der Waals surface area (Å²) in [4.78, 5) is 28.0. The van der Waals surface area contributed by atoms with Crippen molar-refractivity contribution in [2.24, 2.45) is 5.92 Å². The predicted octanol–water partition coefficient (Wildman–Crippen LogP) is 2.20. The number of ether oxygens (including phenoxy) is 1. The molecular weight excluding hydrogens is 330 g/mol. The van der Waals surface area contributed by atoms with Crippen LogP contribution in [0.2, 0.25) is 0 Å². The third kappa shape index (κ3) is 4.27. The molecular formula is C18H22F2N2O3. The molecule has 136 valence electrons. The molecule has 1 saturated carbocycles. The van der Waals surface area contributed by atoms with Crippen molar-refractivity contribution in [2.45, 2.75) is 25.7 Å². The van der Waals surface area contributed by atoms with Crippen molar-refractivity contribution in [3.8, 4) is 5.75 Å². The fourth-order valence-electron chi connectivity index (χ4n) is 3.43. The zero-order valence-corrected chi connectivity index (χ0v) is 14.0. The van der Waals surface area contributed by atoms with Crippen LogP contribution in [0.3, 0.4) is 0 Å². The first-order chi connectivity index (χ1) is 12.0. The van der Waals surface area contributed by atoms with Crippen molar-refractivity contribution < 1.29 is 23.1 Å². The second-order valence-corrected chi connectivity index (χ2v) is 6.55. The number of hydrogen-bond acceptors (Lipinski definition) is 3.